The molecule has 1 saturated carbocycles. The Labute approximate surface area is 146 Å². The average Bonchev–Trinajstić information content (AvgIpc) is 2.49. The van der Waals surface area contributed by atoms with E-state index in [0.717, 1.165) is 23.8 Å². The van der Waals surface area contributed by atoms with Crippen LogP contribution < -0.4 is 0 Å². The van der Waals surface area contributed by atoms with E-state index in [-0.39, 0.29) is 0 Å². The largest absolute Gasteiger partial charge is 0.303 e. The van der Waals surface area contributed by atoms with Gasteiger partial charge in [-0.05, 0) is 97.1 Å². The minimum atomic E-state index is 0.687. The topological polar surface area (TPSA) is 6.48 Å². The summed E-state index contributed by atoms with van der Waals surface area (Å²) < 4.78 is 0. The van der Waals surface area contributed by atoms with Gasteiger partial charge in [-0.3, -0.25) is 4.90 Å². The van der Waals surface area contributed by atoms with E-state index in [1.165, 1.54) is 58.2 Å². The Morgan fingerprint density at radius 1 is 0.783 bits per heavy atom. The molecule has 2 aliphatic rings. The summed E-state index contributed by atoms with van der Waals surface area (Å²) in [5.41, 5.74) is 0. The van der Waals surface area contributed by atoms with Crippen molar-refractivity contribution >= 4 is 0 Å². The van der Waals surface area contributed by atoms with Gasteiger partial charge in [0, 0.05) is 24.7 Å². The number of hydrogen-bond donors (Lipinski definition) is 0. The third-order valence-electron chi connectivity index (χ3n) is 6.52. The molecule has 0 amide bonds. The van der Waals surface area contributed by atoms with Crippen molar-refractivity contribution in [3.63, 3.8) is 0 Å². The van der Waals surface area contributed by atoms with Crippen molar-refractivity contribution in [1.82, 2.24) is 9.80 Å². The van der Waals surface area contributed by atoms with Gasteiger partial charge in [-0.2, -0.15) is 0 Å². The maximum atomic E-state index is 2.77. The summed E-state index contributed by atoms with van der Waals surface area (Å²) >= 11 is 0. The fourth-order valence-corrected chi connectivity index (χ4v) is 5.23. The van der Waals surface area contributed by atoms with Gasteiger partial charge >= 0.3 is 0 Å². The lowest BCUT2D eigenvalue weighted by molar-refractivity contribution is 0.0619. The first-order chi connectivity index (χ1) is 10.9. The number of rotatable bonds is 6. The molecule has 1 saturated heterocycles. The normalized spacial score (nSPS) is 28.4. The molecule has 0 unspecified atom stereocenters. The van der Waals surface area contributed by atoms with Gasteiger partial charge in [0.25, 0.3) is 0 Å². The van der Waals surface area contributed by atoms with Gasteiger partial charge in [0.15, 0.2) is 0 Å². The van der Waals surface area contributed by atoms with Crippen molar-refractivity contribution in [1.29, 1.82) is 0 Å². The maximum Gasteiger partial charge on any atom is 0.0101 e. The highest BCUT2D eigenvalue weighted by Crippen LogP contribution is 2.32. The smallest absolute Gasteiger partial charge is 0.0101 e. The van der Waals surface area contributed by atoms with Gasteiger partial charge in [-0.25, -0.2) is 0 Å². The third-order valence-corrected chi connectivity index (χ3v) is 6.52. The molecule has 0 radical (unpaired) electrons. The third kappa shape index (κ3) is 5.46. The lowest BCUT2D eigenvalue weighted by Crippen LogP contribution is -2.47. The molecule has 2 fully saturated rings. The molecule has 0 spiro atoms. The van der Waals surface area contributed by atoms with Crippen LogP contribution in [0.1, 0.15) is 80.1 Å². The van der Waals surface area contributed by atoms with E-state index in [1.54, 1.807) is 0 Å². The lowest BCUT2D eigenvalue weighted by Gasteiger charge is -2.43. The Hall–Kier alpha value is -0.0800. The number of piperidine rings is 1. The van der Waals surface area contributed by atoms with Gasteiger partial charge in [0.1, 0.15) is 0 Å². The molecular weight excluding hydrogens is 280 g/mol. The van der Waals surface area contributed by atoms with E-state index in [4.69, 9.17) is 0 Å². The highest BCUT2D eigenvalue weighted by Gasteiger charge is 2.30. The molecule has 1 heterocycles. The van der Waals surface area contributed by atoms with Crippen molar-refractivity contribution in [2.24, 2.45) is 17.8 Å². The molecule has 0 atom stereocenters. The molecule has 2 heteroatoms. The zero-order valence-corrected chi connectivity index (χ0v) is 16.7. The van der Waals surface area contributed by atoms with E-state index in [0.29, 0.717) is 12.1 Å². The Morgan fingerprint density at radius 2 is 1.30 bits per heavy atom. The van der Waals surface area contributed by atoms with E-state index in [9.17, 15) is 0 Å². The molecule has 23 heavy (non-hydrogen) atoms. The van der Waals surface area contributed by atoms with E-state index in [2.05, 4.69) is 51.3 Å². The standard InChI is InChI=1S/C21H42N2/c1-16(2)20-11-13-22(14-12-20)15-19-7-9-21(10-8-19)23(17(3)4)18(5)6/h16-21H,7-15H2,1-6H3. The maximum absolute atomic E-state index is 2.77. The van der Waals surface area contributed by atoms with E-state index < -0.39 is 0 Å². The molecule has 0 aromatic rings. The molecule has 0 N–H and O–H groups in total. The van der Waals surface area contributed by atoms with E-state index in [1.807, 2.05) is 0 Å². The number of nitrogens with zero attached hydrogens (tertiary/aromatic N) is 2. The summed E-state index contributed by atoms with van der Waals surface area (Å²) in [6, 6.07) is 2.20. The van der Waals surface area contributed by atoms with Crippen LogP contribution in [0, 0.1) is 17.8 Å². The predicted molar refractivity (Wildman–Crippen MR) is 102 cm³/mol. The van der Waals surface area contributed by atoms with Gasteiger partial charge in [0.05, 0.1) is 0 Å². The Morgan fingerprint density at radius 3 is 1.74 bits per heavy atom. The van der Waals surface area contributed by atoms with Crippen LogP contribution in [0.3, 0.4) is 0 Å². The molecule has 0 aromatic carbocycles. The van der Waals surface area contributed by atoms with Crippen molar-refractivity contribution in [3.05, 3.63) is 0 Å². The van der Waals surface area contributed by atoms with Crippen LogP contribution in [-0.4, -0.2) is 47.6 Å². The van der Waals surface area contributed by atoms with Gasteiger partial charge in [0.2, 0.25) is 0 Å². The summed E-state index contributed by atoms with van der Waals surface area (Å²) in [7, 11) is 0. The van der Waals surface area contributed by atoms with Crippen LogP contribution in [-0.2, 0) is 0 Å². The first kappa shape index (κ1) is 19.2. The Bertz CT molecular complexity index is 313. The highest BCUT2D eigenvalue weighted by molar-refractivity contribution is 4.85. The molecule has 136 valence electrons. The SMILES string of the molecule is CC(C)C1CCN(CC2CCC(N(C(C)C)C(C)C)CC2)CC1. The second-order valence-electron chi connectivity index (χ2n) is 9.19. The van der Waals surface area contributed by atoms with Crippen molar-refractivity contribution < 1.29 is 0 Å². The summed E-state index contributed by atoms with van der Waals surface area (Å²) in [6.45, 7) is 18.3. The summed E-state index contributed by atoms with van der Waals surface area (Å²) in [5.74, 6) is 2.82. The molecule has 0 aromatic heterocycles. The first-order valence-corrected chi connectivity index (χ1v) is 10.4. The molecule has 1 aliphatic heterocycles. The van der Waals surface area contributed by atoms with Crippen LogP contribution in [0.4, 0.5) is 0 Å². The second kappa shape index (κ2) is 8.85. The fraction of sp³-hybridized carbons (Fsp3) is 1.00. The van der Waals surface area contributed by atoms with E-state index >= 15 is 0 Å². The summed E-state index contributed by atoms with van der Waals surface area (Å²) in [5, 5.41) is 0. The highest BCUT2D eigenvalue weighted by atomic mass is 15.2. The van der Waals surface area contributed by atoms with Crippen molar-refractivity contribution in [2.75, 3.05) is 19.6 Å². The molecule has 2 rings (SSSR count). The lowest BCUT2D eigenvalue weighted by atomic mass is 9.82. The zero-order chi connectivity index (χ0) is 17.0. The van der Waals surface area contributed by atoms with Gasteiger partial charge in [-0.1, -0.05) is 13.8 Å². The molecular formula is C21H42N2. The van der Waals surface area contributed by atoms with Gasteiger partial charge < -0.3 is 4.90 Å². The number of hydrogen-bond acceptors (Lipinski definition) is 2. The fourth-order valence-electron chi connectivity index (χ4n) is 5.23. The zero-order valence-electron chi connectivity index (χ0n) is 16.7. The van der Waals surface area contributed by atoms with Crippen LogP contribution in [0.15, 0.2) is 0 Å². The number of likely N-dealkylation sites (tertiary alicyclic amines) is 1. The predicted octanol–water partition coefficient (Wildman–Crippen LogP) is 5.03. The van der Waals surface area contributed by atoms with Crippen molar-refractivity contribution in [3.8, 4) is 0 Å². The quantitative estimate of drug-likeness (QED) is 0.676. The van der Waals surface area contributed by atoms with Crippen LogP contribution in [0.2, 0.25) is 0 Å². The monoisotopic (exact) mass is 322 g/mol. The van der Waals surface area contributed by atoms with Crippen LogP contribution in [0.5, 0.6) is 0 Å². The van der Waals surface area contributed by atoms with Crippen molar-refractivity contribution in [2.45, 2.75) is 98.2 Å². The van der Waals surface area contributed by atoms with Gasteiger partial charge in [-0.15, -0.1) is 0 Å². The average molecular weight is 323 g/mol. The Kier molecular flexibility index (Phi) is 7.41. The minimum Gasteiger partial charge on any atom is -0.303 e. The molecule has 2 nitrogen and oxygen atoms in total. The Balaban J connectivity index is 1.73. The first-order valence-electron chi connectivity index (χ1n) is 10.4. The van der Waals surface area contributed by atoms with Crippen LogP contribution in [0.25, 0.3) is 0 Å². The minimum absolute atomic E-state index is 0.687. The van der Waals surface area contributed by atoms with Crippen LogP contribution >= 0.6 is 0 Å². The summed E-state index contributed by atoms with van der Waals surface area (Å²) in [4.78, 5) is 5.52. The molecule has 0 bridgehead atoms. The molecule has 1 aliphatic carbocycles. The summed E-state index contributed by atoms with van der Waals surface area (Å²) in [6.07, 6.45) is 8.60. The second-order valence-corrected chi connectivity index (χ2v) is 9.19.